The molecule has 1 N–H and O–H groups in total. The van der Waals surface area contributed by atoms with Gasteiger partial charge in [-0.3, -0.25) is 9.54 Å². The molecule has 0 atom stereocenters. The molecule has 1 aromatic heterocycles. The molecule has 0 bridgehead atoms. The van der Waals surface area contributed by atoms with Crippen LogP contribution >= 0.6 is 0 Å². The first kappa shape index (κ1) is 10.5. The highest BCUT2D eigenvalue weighted by Crippen LogP contribution is 2.21. The van der Waals surface area contributed by atoms with Crippen LogP contribution in [0.3, 0.4) is 0 Å². The molecule has 1 heterocycles. The largest absolute Gasteiger partial charge is 0.296 e. The van der Waals surface area contributed by atoms with Crippen molar-refractivity contribution >= 4 is 21.0 Å². The lowest BCUT2D eigenvalue weighted by Crippen LogP contribution is -2.00. The third-order valence-corrected chi connectivity index (χ3v) is 2.97. The number of aromatic nitrogens is 1. The SMILES string of the molecule is N#Cc1cnc2c(S(=O)(=O)O)cccc2c1. The topological polar surface area (TPSA) is 91.0 Å². The Hall–Kier alpha value is -1.97. The first-order chi connectivity index (χ1) is 7.52. The minimum Gasteiger partial charge on any atom is -0.282 e. The Labute approximate surface area is 91.7 Å². The van der Waals surface area contributed by atoms with E-state index in [9.17, 15) is 8.42 Å². The summed E-state index contributed by atoms with van der Waals surface area (Å²) >= 11 is 0. The van der Waals surface area contributed by atoms with Gasteiger partial charge in [-0.2, -0.15) is 13.7 Å². The maximum Gasteiger partial charge on any atom is 0.296 e. The molecule has 0 spiro atoms. The van der Waals surface area contributed by atoms with Crippen LogP contribution in [0, 0.1) is 11.3 Å². The van der Waals surface area contributed by atoms with Gasteiger partial charge >= 0.3 is 0 Å². The van der Waals surface area contributed by atoms with Crippen LogP contribution in [0.15, 0.2) is 35.4 Å². The third-order valence-electron chi connectivity index (χ3n) is 2.08. The number of nitriles is 1. The second-order valence-corrected chi connectivity index (χ2v) is 4.53. The van der Waals surface area contributed by atoms with Crippen molar-refractivity contribution in [3.05, 3.63) is 36.0 Å². The van der Waals surface area contributed by atoms with E-state index in [0.29, 0.717) is 10.9 Å². The smallest absolute Gasteiger partial charge is 0.282 e. The fourth-order valence-electron chi connectivity index (χ4n) is 1.40. The number of hydrogen-bond acceptors (Lipinski definition) is 4. The van der Waals surface area contributed by atoms with Crippen molar-refractivity contribution in [1.29, 1.82) is 5.26 Å². The van der Waals surface area contributed by atoms with Crippen LogP contribution < -0.4 is 0 Å². The highest BCUT2D eigenvalue weighted by Gasteiger charge is 2.14. The first-order valence-corrected chi connectivity index (χ1v) is 5.73. The lowest BCUT2D eigenvalue weighted by atomic mass is 10.2. The summed E-state index contributed by atoms with van der Waals surface area (Å²) in [5.41, 5.74) is 0.490. The summed E-state index contributed by atoms with van der Waals surface area (Å²) < 4.78 is 31.1. The Kier molecular flexibility index (Phi) is 2.34. The molecule has 2 aromatic rings. The van der Waals surface area contributed by atoms with Gasteiger partial charge < -0.3 is 0 Å². The Balaban J connectivity index is 2.87. The first-order valence-electron chi connectivity index (χ1n) is 4.29. The van der Waals surface area contributed by atoms with E-state index in [1.54, 1.807) is 6.07 Å². The van der Waals surface area contributed by atoms with Gasteiger partial charge in [0.25, 0.3) is 10.1 Å². The monoisotopic (exact) mass is 234 g/mol. The molecule has 0 unspecified atom stereocenters. The van der Waals surface area contributed by atoms with Crippen molar-refractivity contribution < 1.29 is 13.0 Å². The standard InChI is InChI=1S/C10H6N2O3S/c11-5-7-4-8-2-1-3-9(16(13,14)15)10(8)12-6-7/h1-4,6H,(H,13,14,15). The summed E-state index contributed by atoms with van der Waals surface area (Å²) in [6.07, 6.45) is 1.26. The van der Waals surface area contributed by atoms with E-state index in [1.807, 2.05) is 6.07 Å². The molecular weight excluding hydrogens is 228 g/mol. The van der Waals surface area contributed by atoms with Crippen molar-refractivity contribution in [3.63, 3.8) is 0 Å². The summed E-state index contributed by atoms with van der Waals surface area (Å²) in [6, 6.07) is 7.78. The average molecular weight is 234 g/mol. The normalized spacial score (nSPS) is 11.2. The van der Waals surface area contributed by atoms with Gasteiger partial charge in [0.2, 0.25) is 0 Å². The van der Waals surface area contributed by atoms with Gasteiger partial charge in [-0.05, 0) is 12.1 Å². The minimum atomic E-state index is -4.29. The van der Waals surface area contributed by atoms with Gasteiger partial charge in [-0.25, -0.2) is 0 Å². The Morgan fingerprint density at radius 3 is 2.75 bits per heavy atom. The summed E-state index contributed by atoms with van der Waals surface area (Å²) in [6.45, 7) is 0. The van der Waals surface area contributed by atoms with Gasteiger partial charge in [0.15, 0.2) is 0 Å². The number of rotatable bonds is 1. The van der Waals surface area contributed by atoms with Crippen LogP contribution in [0.1, 0.15) is 5.56 Å². The van der Waals surface area contributed by atoms with E-state index in [4.69, 9.17) is 9.81 Å². The molecule has 0 saturated carbocycles. The molecule has 0 fully saturated rings. The molecule has 6 heteroatoms. The molecule has 0 aliphatic rings. The van der Waals surface area contributed by atoms with Crippen LogP contribution in [0.2, 0.25) is 0 Å². The number of hydrogen-bond donors (Lipinski definition) is 1. The zero-order valence-electron chi connectivity index (χ0n) is 7.95. The van der Waals surface area contributed by atoms with Crippen LogP contribution in [0.25, 0.3) is 10.9 Å². The van der Waals surface area contributed by atoms with E-state index >= 15 is 0 Å². The summed E-state index contributed by atoms with van der Waals surface area (Å²) in [4.78, 5) is 3.60. The highest BCUT2D eigenvalue weighted by molar-refractivity contribution is 7.86. The molecule has 0 aliphatic heterocycles. The second-order valence-electron chi connectivity index (χ2n) is 3.14. The molecule has 1 aromatic carbocycles. The number of nitrogens with zero attached hydrogens (tertiary/aromatic N) is 2. The predicted octanol–water partition coefficient (Wildman–Crippen LogP) is 1.35. The van der Waals surface area contributed by atoms with E-state index in [0.717, 1.165) is 0 Å². The molecule has 0 amide bonds. The summed E-state index contributed by atoms with van der Waals surface area (Å²) in [5, 5.41) is 9.16. The number of fused-ring (bicyclic) bond motifs is 1. The van der Waals surface area contributed by atoms with Crippen molar-refractivity contribution in [2.24, 2.45) is 0 Å². The van der Waals surface area contributed by atoms with Crippen LogP contribution in [0.5, 0.6) is 0 Å². The zero-order chi connectivity index (χ0) is 11.8. The van der Waals surface area contributed by atoms with E-state index in [-0.39, 0.29) is 10.4 Å². The molecule has 0 radical (unpaired) electrons. The third kappa shape index (κ3) is 1.74. The molecule has 5 nitrogen and oxygen atoms in total. The van der Waals surface area contributed by atoms with Crippen LogP contribution in [-0.4, -0.2) is 18.0 Å². The van der Waals surface area contributed by atoms with Gasteiger partial charge in [-0.15, -0.1) is 0 Å². The molecule has 0 aliphatic carbocycles. The fraction of sp³-hybridized carbons (Fsp3) is 0. The van der Waals surface area contributed by atoms with E-state index < -0.39 is 10.1 Å². The summed E-state index contributed by atoms with van der Waals surface area (Å²) in [5.74, 6) is 0. The van der Waals surface area contributed by atoms with Crippen molar-refractivity contribution in [1.82, 2.24) is 4.98 Å². The molecule has 80 valence electrons. The molecular formula is C10H6N2O3S. The fourth-order valence-corrected chi connectivity index (χ4v) is 2.07. The molecule has 16 heavy (non-hydrogen) atoms. The van der Waals surface area contributed by atoms with Crippen molar-refractivity contribution in [2.45, 2.75) is 4.90 Å². The van der Waals surface area contributed by atoms with Gasteiger partial charge in [-0.1, -0.05) is 12.1 Å². The van der Waals surface area contributed by atoms with Crippen molar-refractivity contribution in [2.75, 3.05) is 0 Å². The van der Waals surface area contributed by atoms with Gasteiger partial charge in [0.1, 0.15) is 11.0 Å². The van der Waals surface area contributed by atoms with Crippen LogP contribution in [-0.2, 0) is 10.1 Å². The van der Waals surface area contributed by atoms with E-state index in [2.05, 4.69) is 4.98 Å². The van der Waals surface area contributed by atoms with Crippen LogP contribution in [0.4, 0.5) is 0 Å². The Morgan fingerprint density at radius 1 is 1.38 bits per heavy atom. The highest BCUT2D eigenvalue weighted by atomic mass is 32.2. The quantitative estimate of drug-likeness (QED) is 0.752. The van der Waals surface area contributed by atoms with E-state index in [1.165, 1.54) is 24.4 Å². The average Bonchev–Trinajstić information content (AvgIpc) is 2.26. The molecule has 0 saturated heterocycles. The maximum absolute atomic E-state index is 11.1. The second kappa shape index (κ2) is 3.56. The van der Waals surface area contributed by atoms with Crippen molar-refractivity contribution in [3.8, 4) is 6.07 Å². The van der Waals surface area contributed by atoms with Gasteiger partial charge in [0, 0.05) is 11.6 Å². The Bertz CT molecular complexity index is 702. The molecule has 2 rings (SSSR count). The minimum absolute atomic E-state index is 0.156. The number of benzene rings is 1. The van der Waals surface area contributed by atoms with Gasteiger partial charge in [0.05, 0.1) is 11.1 Å². The predicted molar refractivity (Wildman–Crippen MR) is 56.3 cm³/mol. The lowest BCUT2D eigenvalue weighted by molar-refractivity contribution is 0.484. The Morgan fingerprint density at radius 2 is 2.12 bits per heavy atom. The lowest BCUT2D eigenvalue weighted by Gasteiger charge is -2.02. The zero-order valence-corrected chi connectivity index (χ0v) is 8.77. The number of para-hydroxylation sites is 1. The summed E-state index contributed by atoms with van der Waals surface area (Å²) in [7, 11) is -4.29. The maximum atomic E-state index is 11.1. The number of pyridine rings is 1.